The SMILES string of the molecule is C[C@@H]1N=C(c2c[nH]c(=O)c(C(F)F)c2)N[C@@]1(c1ccc(F)cc1)c1ccc(C(F)F)nc1. The molecular weight excluding hydrogens is 431 g/mol. The van der Waals surface area contributed by atoms with E-state index in [1.807, 2.05) is 0 Å². The highest BCUT2D eigenvalue weighted by Crippen LogP contribution is 2.39. The summed E-state index contributed by atoms with van der Waals surface area (Å²) in [6.45, 7) is 1.74. The molecule has 1 aliphatic rings. The number of halogens is 5. The monoisotopic (exact) mass is 448 g/mol. The molecule has 0 fully saturated rings. The number of aromatic amines is 1. The molecule has 3 aromatic rings. The van der Waals surface area contributed by atoms with Gasteiger partial charge in [-0.15, -0.1) is 0 Å². The standard InChI is InChI=1S/C22H17F5N4O/c1-11-22(13-2-5-15(23)6-3-13,14-4-7-17(19(26)27)28-10-14)31-20(30-11)12-8-16(18(24)25)21(32)29-9-12/h2-11,18-19H,1H3,(H,29,32)(H,30,31)/t11-,22-/m0/s1. The quantitative estimate of drug-likeness (QED) is 0.566. The fourth-order valence-corrected chi connectivity index (χ4v) is 3.83. The second kappa shape index (κ2) is 8.18. The number of pyridine rings is 2. The lowest BCUT2D eigenvalue weighted by molar-refractivity contribution is 0.146. The molecule has 166 valence electrons. The third kappa shape index (κ3) is 3.65. The smallest absolute Gasteiger partial charge is 0.280 e. The fraction of sp³-hybridized carbons (Fsp3) is 0.227. The van der Waals surface area contributed by atoms with Gasteiger partial charge in [0.25, 0.3) is 18.4 Å². The van der Waals surface area contributed by atoms with Gasteiger partial charge in [-0.3, -0.25) is 14.8 Å². The van der Waals surface area contributed by atoms with E-state index in [0.717, 1.165) is 6.07 Å². The molecule has 1 aromatic carbocycles. The molecular formula is C22H17F5N4O. The van der Waals surface area contributed by atoms with Crippen molar-refractivity contribution >= 4 is 5.84 Å². The first-order valence-electron chi connectivity index (χ1n) is 9.60. The maximum Gasteiger partial charge on any atom is 0.280 e. The maximum atomic E-state index is 13.6. The average molecular weight is 448 g/mol. The van der Waals surface area contributed by atoms with Crippen LogP contribution in [0.25, 0.3) is 0 Å². The first-order chi connectivity index (χ1) is 15.2. The summed E-state index contributed by atoms with van der Waals surface area (Å²) in [5.41, 5.74) is -1.91. The van der Waals surface area contributed by atoms with E-state index in [4.69, 9.17) is 0 Å². The first kappa shape index (κ1) is 21.7. The Morgan fingerprint density at radius 1 is 1.00 bits per heavy atom. The molecule has 0 bridgehead atoms. The number of amidine groups is 1. The molecule has 3 heterocycles. The van der Waals surface area contributed by atoms with Crippen molar-refractivity contribution in [3.8, 4) is 0 Å². The van der Waals surface area contributed by atoms with Crippen molar-refractivity contribution in [1.29, 1.82) is 0 Å². The number of nitrogens with zero attached hydrogens (tertiary/aromatic N) is 2. The van der Waals surface area contributed by atoms with Crippen molar-refractivity contribution in [2.75, 3.05) is 0 Å². The van der Waals surface area contributed by atoms with E-state index in [9.17, 15) is 26.7 Å². The van der Waals surface area contributed by atoms with E-state index >= 15 is 0 Å². The predicted octanol–water partition coefficient (Wildman–Crippen LogP) is 4.47. The number of alkyl halides is 4. The second-order valence-corrected chi connectivity index (χ2v) is 7.34. The minimum atomic E-state index is -2.98. The average Bonchev–Trinajstić information content (AvgIpc) is 3.12. The van der Waals surface area contributed by atoms with E-state index in [2.05, 4.69) is 20.3 Å². The largest absolute Gasteiger partial charge is 0.354 e. The summed E-state index contributed by atoms with van der Waals surface area (Å²) >= 11 is 0. The summed E-state index contributed by atoms with van der Waals surface area (Å²) in [6, 6.07) is 8.68. The number of nitrogens with one attached hydrogen (secondary N) is 2. The summed E-state index contributed by atoms with van der Waals surface area (Å²) < 4.78 is 66.0. The van der Waals surface area contributed by atoms with Gasteiger partial charge >= 0.3 is 0 Å². The Kier molecular flexibility index (Phi) is 5.53. The number of rotatable bonds is 5. The van der Waals surface area contributed by atoms with E-state index in [-0.39, 0.29) is 11.4 Å². The van der Waals surface area contributed by atoms with Crippen LogP contribution < -0.4 is 10.9 Å². The molecule has 0 saturated heterocycles. The van der Waals surface area contributed by atoms with Gasteiger partial charge in [0, 0.05) is 23.5 Å². The van der Waals surface area contributed by atoms with Gasteiger partial charge in [-0.05, 0) is 36.8 Å². The molecule has 5 nitrogen and oxygen atoms in total. The molecule has 1 aliphatic heterocycles. The molecule has 0 aliphatic carbocycles. The van der Waals surface area contributed by atoms with Gasteiger partial charge in [-0.25, -0.2) is 22.0 Å². The van der Waals surface area contributed by atoms with Gasteiger partial charge in [0.2, 0.25) is 0 Å². The number of benzene rings is 1. The van der Waals surface area contributed by atoms with Gasteiger partial charge in [0.05, 0.1) is 11.6 Å². The van der Waals surface area contributed by atoms with Crippen LogP contribution in [-0.4, -0.2) is 21.8 Å². The Morgan fingerprint density at radius 3 is 2.28 bits per heavy atom. The van der Waals surface area contributed by atoms with Crippen LogP contribution in [0.1, 0.15) is 47.7 Å². The van der Waals surface area contributed by atoms with E-state index in [1.54, 1.807) is 6.92 Å². The van der Waals surface area contributed by atoms with Gasteiger partial charge in [0.1, 0.15) is 22.9 Å². The summed E-state index contributed by atoms with van der Waals surface area (Å²) in [5.74, 6) is -0.262. The van der Waals surface area contributed by atoms with Crippen LogP contribution in [0.15, 0.2) is 64.6 Å². The van der Waals surface area contributed by atoms with Crippen LogP contribution in [0.2, 0.25) is 0 Å². The molecule has 2 N–H and O–H groups in total. The first-order valence-corrected chi connectivity index (χ1v) is 9.60. The molecule has 0 amide bonds. The normalized spacial score (nSPS) is 20.5. The van der Waals surface area contributed by atoms with Crippen LogP contribution in [0, 0.1) is 5.82 Å². The van der Waals surface area contributed by atoms with Crippen LogP contribution in [0.3, 0.4) is 0 Å². The summed E-state index contributed by atoms with van der Waals surface area (Å²) in [7, 11) is 0. The number of aromatic nitrogens is 2. The molecule has 10 heteroatoms. The molecule has 32 heavy (non-hydrogen) atoms. The Balaban J connectivity index is 1.82. The third-order valence-corrected chi connectivity index (χ3v) is 5.47. The van der Waals surface area contributed by atoms with Gasteiger partial charge < -0.3 is 10.3 Å². The fourth-order valence-electron chi connectivity index (χ4n) is 3.83. The lowest BCUT2D eigenvalue weighted by Crippen LogP contribution is -2.48. The Morgan fingerprint density at radius 2 is 1.69 bits per heavy atom. The van der Waals surface area contributed by atoms with Gasteiger partial charge in [-0.1, -0.05) is 18.2 Å². The molecule has 2 aromatic heterocycles. The zero-order valence-corrected chi connectivity index (χ0v) is 16.6. The Bertz CT molecular complexity index is 1210. The van der Waals surface area contributed by atoms with E-state index in [1.165, 1.54) is 48.8 Å². The third-order valence-electron chi connectivity index (χ3n) is 5.47. The van der Waals surface area contributed by atoms with Gasteiger partial charge in [0.15, 0.2) is 0 Å². The Hall–Kier alpha value is -3.56. The van der Waals surface area contributed by atoms with Crippen molar-refractivity contribution in [2.24, 2.45) is 4.99 Å². The van der Waals surface area contributed by atoms with Crippen LogP contribution >= 0.6 is 0 Å². The van der Waals surface area contributed by atoms with Crippen LogP contribution in [-0.2, 0) is 5.54 Å². The van der Waals surface area contributed by atoms with Crippen molar-refractivity contribution in [1.82, 2.24) is 15.3 Å². The van der Waals surface area contributed by atoms with Crippen molar-refractivity contribution in [3.63, 3.8) is 0 Å². The van der Waals surface area contributed by atoms with Crippen molar-refractivity contribution < 1.29 is 22.0 Å². The number of hydrogen-bond acceptors (Lipinski definition) is 4. The molecule has 2 atom stereocenters. The van der Waals surface area contributed by atoms with Crippen molar-refractivity contribution in [3.05, 3.63) is 99.0 Å². The maximum absolute atomic E-state index is 13.6. The van der Waals surface area contributed by atoms with Crippen LogP contribution in [0.5, 0.6) is 0 Å². The van der Waals surface area contributed by atoms with Gasteiger partial charge in [-0.2, -0.15) is 0 Å². The van der Waals surface area contributed by atoms with E-state index in [0.29, 0.717) is 11.1 Å². The number of hydrogen-bond donors (Lipinski definition) is 2. The van der Waals surface area contributed by atoms with E-state index < -0.39 is 47.1 Å². The minimum absolute atomic E-state index is 0.206. The Labute approximate surface area is 179 Å². The lowest BCUT2D eigenvalue weighted by atomic mass is 9.79. The lowest BCUT2D eigenvalue weighted by Gasteiger charge is -2.35. The topological polar surface area (TPSA) is 70.1 Å². The minimum Gasteiger partial charge on any atom is -0.354 e. The zero-order valence-electron chi connectivity index (χ0n) is 16.6. The molecule has 0 saturated carbocycles. The molecule has 0 unspecified atom stereocenters. The summed E-state index contributed by atoms with van der Waals surface area (Å²) in [5, 5.41) is 3.19. The molecule has 0 radical (unpaired) electrons. The highest BCUT2D eigenvalue weighted by molar-refractivity contribution is 6.01. The summed E-state index contributed by atoms with van der Waals surface area (Å²) in [6.07, 6.45) is -3.19. The number of aliphatic imine (C=N–C) groups is 1. The predicted molar refractivity (Wildman–Crippen MR) is 108 cm³/mol. The molecule has 4 rings (SSSR count). The molecule has 0 spiro atoms. The highest BCUT2D eigenvalue weighted by atomic mass is 19.3. The summed E-state index contributed by atoms with van der Waals surface area (Å²) in [4.78, 5) is 22.3. The highest BCUT2D eigenvalue weighted by Gasteiger charge is 2.45. The van der Waals surface area contributed by atoms with Crippen LogP contribution in [0.4, 0.5) is 22.0 Å². The second-order valence-electron chi connectivity index (χ2n) is 7.34. The van der Waals surface area contributed by atoms with Crippen molar-refractivity contribution in [2.45, 2.75) is 31.4 Å². The zero-order chi connectivity index (χ0) is 23.0. The number of H-pyrrole nitrogens is 1.